The number of aryl methyl sites for hydroxylation is 1. The molecule has 2 heterocycles. The van der Waals surface area contributed by atoms with E-state index >= 15 is 0 Å². The first-order valence-corrected chi connectivity index (χ1v) is 7.58. The van der Waals surface area contributed by atoms with E-state index in [0.29, 0.717) is 5.92 Å². The number of fused-ring (bicyclic) bond motifs is 1. The molecule has 0 N–H and O–H groups in total. The lowest BCUT2D eigenvalue weighted by Crippen LogP contribution is -2.28. The van der Waals surface area contributed by atoms with E-state index in [1.54, 1.807) is 0 Å². The maximum atomic E-state index is 5.85. The predicted octanol–water partition coefficient (Wildman–Crippen LogP) is 2.49. The summed E-state index contributed by atoms with van der Waals surface area (Å²) >= 11 is 0. The van der Waals surface area contributed by atoms with Gasteiger partial charge in [-0.05, 0) is 37.4 Å². The molecule has 112 valence electrons. The molecule has 0 aliphatic carbocycles. The van der Waals surface area contributed by atoms with Crippen molar-refractivity contribution in [3.05, 3.63) is 48.0 Å². The van der Waals surface area contributed by atoms with Crippen molar-refractivity contribution in [2.45, 2.75) is 19.4 Å². The first-order chi connectivity index (χ1) is 10.2. The Morgan fingerprint density at radius 2 is 2.24 bits per heavy atom. The van der Waals surface area contributed by atoms with Crippen molar-refractivity contribution in [3.8, 4) is 5.75 Å². The number of benzene rings is 1. The van der Waals surface area contributed by atoms with Gasteiger partial charge in [-0.1, -0.05) is 18.2 Å². The molecule has 1 aliphatic rings. The molecule has 1 aromatic carbocycles. The Morgan fingerprint density at radius 1 is 1.38 bits per heavy atom. The molecule has 0 fully saturated rings. The van der Waals surface area contributed by atoms with E-state index in [9.17, 15) is 0 Å². The molecule has 3 rings (SSSR count). The minimum atomic E-state index is 0.638. The van der Waals surface area contributed by atoms with Gasteiger partial charge in [0.25, 0.3) is 0 Å². The summed E-state index contributed by atoms with van der Waals surface area (Å²) < 4.78 is 7.94. The van der Waals surface area contributed by atoms with Crippen LogP contribution >= 0.6 is 0 Å². The monoisotopic (exact) mass is 285 g/mol. The van der Waals surface area contributed by atoms with Crippen LogP contribution in [0, 0.1) is 5.92 Å². The van der Waals surface area contributed by atoms with Gasteiger partial charge in [-0.3, -0.25) is 4.90 Å². The molecule has 0 bridgehead atoms. The third-order valence-electron chi connectivity index (χ3n) is 4.17. The Labute approximate surface area is 126 Å². The second-order valence-electron chi connectivity index (χ2n) is 5.97. The largest absolute Gasteiger partial charge is 0.493 e. The van der Waals surface area contributed by atoms with Gasteiger partial charge in [0.1, 0.15) is 11.6 Å². The number of rotatable bonds is 4. The first-order valence-electron chi connectivity index (χ1n) is 7.58. The Hall–Kier alpha value is -1.81. The summed E-state index contributed by atoms with van der Waals surface area (Å²) in [4.78, 5) is 6.76. The van der Waals surface area contributed by atoms with Crippen LogP contribution in [0.4, 0.5) is 0 Å². The highest BCUT2D eigenvalue weighted by Gasteiger charge is 2.19. The highest BCUT2D eigenvalue weighted by molar-refractivity contribution is 5.34. The summed E-state index contributed by atoms with van der Waals surface area (Å²) in [6.45, 7) is 2.78. The molecule has 1 aliphatic heterocycles. The zero-order chi connectivity index (χ0) is 14.7. The van der Waals surface area contributed by atoms with Crippen molar-refractivity contribution in [2.75, 3.05) is 20.2 Å². The first kappa shape index (κ1) is 14.1. The average molecular weight is 285 g/mol. The van der Waals surface area contributed by atoms with E-state index in [0.717, 1.165) is 44.1 Å². The third kappa shape index (κ3) is 3.45. The highest BCUT2D eigenvalue weighted by atomic mass is 16.5. The summed E-state index contributed by atoms with van der Waals surface area (Å²) in [7, 11) is 4.22. The smallest absolute Gasteiger partial charge is 0.122 e. The fourth-order valence-electron chi connectivity index (χ4n) is 3.01. The Balaban J connectivity index is 1.61. The predicted molar refractivity (Wildman–Crippen MR) is 83.3 cm³/mol. The van der Waals surface area contributed by atoms with Crippen LogP contribution < -0.4 is 4.74 Å². The van der Waals surface area contributed by atoms with Crippen molar-refractivity contribution in [1.82, 2.24) is 14.5 Å². The van der Waals surface area contributed by atoms with Crippen LogP contribution in [0.15, 0.2) is 36.7 Å². The summed E-state index contributed by atoms with van der Waals surface area (Å²) in [5.74, 6) is 2.81. The van der Waals surface area contributed by atoms with Gasteiger partial charge >= 0.3 is 0 Å². The fourth-order valence-corrected chi connectivity index (χ4v) is 3.01. The highest BCUT2D eigenvalue weighted by Crippen LogP contribution is 2.27. The molecule has 0 saturated carbocycles. The quantitative estimate of drug-likeness (QED) is 0.864. The second-order valence-corrected chi connectivity index (χ2v) is 5.97. The molecule has 4 nitrogen and oxygen atoms in total. The van der Waals surface area contributed by atoms with Gasteiger partial charge in [0.05, 0.1) is 13.2 Å². The molecule has 4 heteroatoms. The Morgan fingerprint density at radius 3 is 3.05 bits per heavy atom. The minimum Gasteiger partial charge on any atom is -0.493 e. The maximum Gasteiger partial charge on any atom is 0.122 e. The van der Waals surface area contributed by atoms with Crippen LogP contribution in [-0.4, -0.2) is 34.7 Å². The molecule has 1 atom stereocenters. The van der Waals surface area contributed by atoms with E-state index in [1.165, 1.54) is 5.56 Å². The molecular formula is C17H23N3O. The van der Waals surface area contributed by atoms with E-state index in [2.05, 4.69) is 39.7 Å². The molecule has 2 aromatic rings. The van der Waals surface area contributed by atoms with Gasteiger partial charge in [0.15, 0.2) is 0 Å². The van der Waals surface area contributed by atoms with Crippen molar-refractivity contribution in [1.29, 1.82) is 0 Å². The van der Waals surface area contributed by atoms with Crippen molar-refractivity contribution in [3.63, 3.8) is 0 Å². The number of aromatic nitrogens is 2. The van der Waals surface area contributed by atoms with Crippen LogP contribution in [0.3, 0.4) is 0 Å². The third-order valence-corrected chi connectivity index (χ3v) is 4.17. The van der Waals surface area contributed by atoms with Crippen molar-refractivity contribution < 1.29 is 4.74 Å². The summed E-state index contributed by atoms with van der Waals surface area (Å²) in [6, 6.07) is 8.41. The number of para-hydroxylation sites is 1. The molecular weight excluding hydrogens is 262 g/mol. The topological polar surface area (TPSA) is 30.3 Å². The van der Waals surface area contributed by atoms with E-state index in [-0.39, 0.29) is 0 Å². The zero-order valence-corrected chi connectivity index (χ0v) is 12.8. The summed E-state index contributed by atoms with van der Waals surface area (Å²) in [6.07, 6.45) is 6.07. The normalized spacial score (nSPS) is 18.1. The van der Waals surface area contributed by atoms with Crippen LogP contribution in [0.5, 0.6) is 5.75 Å². The average Bonchev–Trinajstić information content (AvgIpc) is 2.75. The number of nitrogens with zero attached hydrogens (tertiary/aromatic N) is 3. The number of hydrogen-bond acceptors (Lipinski definition) is 3. The van der Waals surface area contributed by atoms with Gasteiger partial charge in [0, 0.05) is 26.0 Å². The molecule has 0 radical (unpaired) electrons. The van der Waals surface area contributed by atoms with E-state index in [1.807, 2.05) is 25.5 Å². The van der Waals surface area contributed by atoms with Gasteiger partial charge in [-0.15, -0.1) is 0 Å². The lowest BCUT2D eigenvalue weighted by atomic mass is 9.96. The minimum absolute atomic E-state index is 0.638. The molecule has 0 amide bonds. The van der Waals surface area contributed by atoms with Crippen molar-refractivity contribution >= 4 is 0 Å². The SMILES string of the molecule is CN(Cc1nccn1C)CC1CCOc2ccccc2C1. The standard InChI is InChI=1S/C17H23N3O/c1-19(13-17-18-8-9-20(17)2)12-14-7-10-21-16-6-4-3-5-15(16)11-14/h3-6,8-9,14H,7,10-13H2,1-2H3. The second kappa shape index (κ2) is 6.31. The molecule has 0 saturated heterocycles. The number of ether oxygens (including phenoxy) is 1. The van der Waals surface area contributed by atoms with Crippen molar-refractivity contribution in [2.24, 2.45) is 13.0 Å². The fraction of sp³-hybridized carbons (Fsp3) is 0.471. The van der Waals surface area contributed by atoms with Crippen LogP contribution in [0.25, 0.3) is 0 Å². The van der Waals surface area contributed by atoms with Gasteiger partial charge < -0.3 is 9.30 Å². The molecule has 1 aromatic heterocycles. The molecule has 21 heavy (non-hydrogen) atoms. The zero-order valence-electron chi connectivity index (χ0n) is 12.8. The summed E-state index contributed by atoms with van der Waals surface area (Å²) in [5.41, 5.74) is 1.34. The van der Waals surface area contributed by atoms with Gasteiger partial charge in [-0.2, -0.15) is 0 Å². The molecule has 1 unspecified atom stereocenters. The lowest BCUT2D eigenvalue weighted by molar-refractivity contribution is 0.230. The maximum absolute atomic E-state index is 5.85. The summed E-state index contributed by atoms with van der Waals surface area (Å²) in [5, 5.41) is 0. The number of hydrogen-bond donors (Lipinski definition) is 0. The van der Waals surface area contributed by atoms with Gasteiger partial charge in [0.2, 0.25) is 0 Å². The van der Waals surface area contributed by atoms with Crippen LogP contribution in [0.1, 0.15) is 17.8 Å². The van der Waals surface area contributed by atoms with Crippen LogP contribution in [0.2, 0.25) is 0 Å². The Bertz CT molecular complexity index is 593. The van der Waals surface area contributed by atoms with Crippen LogP contribution in [-0.2, 0) is 20.0 Å². The number of imidazole rings is 1. The Kier molecular flexibility index (Phi) is 4.25. The molecule has 0 spiro atoms. The lowest BCUT2D eigenvalue weighted by Gasteiger charge is -2.22. The van der Waals surface area contributed by atoms with E-state index < -0.39 is 0 Å². The van der Waals surface area contributed by atoms with Gasteiger partial charge in [-0.25, -0.2) is 4.98 Å². The van der Waals surface area contributed by atoms with E-state index in [4.69, 9.17) is 4.74 Å².